The monoisotopic (exact) mass is 592 g/mol. The van der Waals surface area contributed by atoms with Crippen molar-refractivity contribution in [3.63, 3.8) is 0 Å². The van der Waals surface area contributed by atoms with Gasteiger partial charge in [-0.05, 0) is 87.9 Å². The van der Waals surface area contributed by atoms with Gasteiger partial charge >= 0.3 is 13.8 Å². The fourth-order valence-electron chi connectivity index (χ4n) is 4.53. The Balaban J connectivity index is 1.70. The minimum Gasteiger partial charge on any atom is -0.457 e. The fraction of sp³-hybridized carbons (Fsp3) is 0.556. The van der Waals surface area contributed by atoms with E-state index in [1.165, 1.54) is 12.1 Å². The fourth-order valence-corrected chi connectivity index (χ4v) is 9.09. The van der Waals surface area contributed by atoms with Crippen molar-refractivity contribution >= 4 is 17.7 Å². The lowest BCUT2D eigenvalue weighted by molar-refractivity contribution is -0.137. The van der Waals surface area contributed by atoms with E-state index in [0.717, 1.165) is 37.0 Å². The van der Waals surface area contributed by atoms with Gasteiger partial charge in [0.2, 0.25) is 0 Å². The molecule has 0 spiro atoms. The quantitative estimate of drug-likeness (QED) is 0.162. The third-order valence-corrected chi connectivity index (χ3v) is 11.6. The van der Waals surface area contributed by atoms with Gasteiger partial charge in [0.25, 0.3) is 10.1 Å². The summed E-state index contributed by atoms with van der Waals surface area (Å²) in [6.45, 7) is 3.30. The van der Waals surface area contributed by atoms with Gasteiger partial charge < -0.3 is 13.8 Å². The molecule has 2 aromatic rings. The maximum absolute atomic E-state index is 13.6. The Morgan fingerprint density at radius 3 is 2.18 bits per heavy atom. The van der Waals surface area contributed by atoms with Gasteiger partial charge in [0.1, 0.15) is 11.5 Å². The van der Waals surface area contributed by atoms with Crippen LogP contribution in [0.2, 0.25) is 0 Å². The first-order valence-electron chi connectivity index (χ1n) is 13.2. The molecule has 0 saturated heterocycles. The van der Waals surface area contributed by atoms with Crippen LogP contribution in [0.1, 0.15) is 69.9 Å². The lowest BCUT2D eigenvalue weighted by Gasteiger charge is -2.28. The average molecular weight is 593 g/mol. The van der Waals surface area contributed by atoms with Crippen molar-refractivity contribution in [1.82, 2.24) is 0 Å². The number of rotatable bonds is 14. The highest BCUT2D eigenvalue weighted by molar-refractivity contribution is 7.94. The zero-order valence-corrected chi connectivity index (χ0v) is 23.9. The zero-order chi connectivity index (χ0) is 28.5. The second-order valence-electron chi connectivity index (χ2n) is 9.34. The highest BCUT2D eigenvalue weighted by Gasteiger charge is 2.46. The average Bonchev–Trinajstić information content (AvgIpc) is 2.87. The Morgan fingerprint density at radius 1 is 0.949 bits per heavy atom. The number of hydrogen-bond donors (Lipinski definition) is 0. The molecular weight excluding hydrogens is 556 g/mol. The lowest BCUT2D eigenvalue weighted by Crippen LogP contribution is -2.31. The molecule has 1 unspecified atom stereocenters. The van der Waals surface area contributed by atoms with Crippen molar-refractivity contribution in [3.05, 3.63) is 59.7 Å². The van der Waals surface area contributed by atoms with Gasteiger partial charge in [-0.1, -0.05) is 31.4 Å². The van der Waals surface area contributed by atoms with Crippen LogP contribution in [0.3, 0.4) is 0 Å². The molecule has 0 radical (unpaired) electrons. The van der Waals surface area contributed by atoms with Crippen molar-refractivity contribution in [3.8, 4) is 11.5 Å². The summed E-state index contributed by atoms with van der Waals surface area (Å²) in [7, 11) is -8.29. The molecule has 1 saturated carbocycles. The number of hydrogen-bond acceptors (Lipinski definition) is 7. The number of ether oxygens (including phenoxy) is 1. The molecule has 0 heterocycles. The molecule has 7 nitrogen and oxygen atoms in total. The highest BCUT2D eigenvalue weighted by atomic mass is 32.2. The van der Waals surface area contributed by atoms with Crippen molar-refractivity contribution in [2.45, 2.75) is 82.5 Å². The van der Waals surface area contributed by atoms with E-state index in [0.29, 0.717) is 31.4 Å². The van der Waals surface area contributed by atoms with Gasteiger partial charge in [0.15, 0.2) is 4.99 Å². The molecule has 0 aromatic heterocycles. The van der Waals surface area contributed by atoms with Crippen molar-refractivity contribution < 1.29 is 44.1 Å². The molecule has 12 heteroatoms. The second-order valence-corrected chi connectivity index (χ2v) is 13.7. The van der Waals surface area contributed by atoms with E-state index in [-0.39, 0.29) is 25.4 Å². The van der Waals surface area contributed by atoms with Crippen LogP contribution >= 0.6 is 7.60 Å². The lowest BCUT2D eigenvalue weighted by atomic mass is 9.98. The first-order valence-corrected chi connectivity index (χ1v) is 16.3. The maximum atomic E-state index is 13.6. The van der Waals surface area contributed by atoms with Crippen LogP contribution in [0, 0.1) is 0 Å². The third-order valence-electron chi connectivity index (χ3n) is 6.36. The van der Waals surface area contributed by atoms with E-state index in [1.807, 2.05) is 6.07 Å². The molecule has 39 heavy (non-hydrogen) atoms. The Bertz CT molecular complexity index is 1190. The summed E-state index contributed by atoms with van der Waals surface area (Å²) < 4.78 is 101. The molecule has 1 atom stereocenters. The number of aryl methyl sites for hydroxylation is 1. The summed E-state index contributed by atoms with van der Waals surface area (Å²) in [4.78, 5) is -1.46. The summed E-state index contributed by atoms with van der Waals surface area (Å²) in [5.41, 5.74) is 0.0448. The van der Waals surface area contributed by atoms with Crippen molar-refractivity contribution in [1.29, 1.82) is 0 Å². The van der Waals surface area contributed by atoms with Crippen molar-refractivity contribution in [2.75, 3.05) is 13.2 Å². The third kappa shape index (κ3) is 9.32. The Morgan fingerprint density at radius 2 is 1.59 bits per heavy atom. The Kier molecular flexibility index (Phi) is 11.5. The van der Waals surface area contributed by atoms with Gasteiger partial charge in [-0.3, -0.25) is 8.75 Å². The predicted octanol–water partition coefficient (Wildman–Crippen LogP) is 8.09. The predicted molar refractivity (Wildman–Crippen MR) is 142 cm³/mol. The normalized spacial score (nSPS) is 16.2. The minimum absolute atomic E-state index is 0.00365. The van der Waals surface area contributed by atoms with Gasteiger partial charge in [-0.25, -0.2) is 0 Å². The Labute approximate surface area is 228 Å². The SMILES string of the molecule is CCOP(=O)(OCC)C(CCCc1cccc(Oc2ccc(C(F)(F)F)cc2)c1)S(=O)(=O)OC1CCCCC1. The smallest absolute Gasteiger partial charge is 0.416 e. The number of benzene rings is 2. The van der Waals surface area contributed by atoms with Gasteiger partial charge in [0.05, 0.1) is 24.9 Å². The van der Waals surface area contributed by atoms with E-state index in [2.05, 4.69) is 0 Å². The minimum atomic E-state index is -4.43. The zero-order valence-electron chi connectivity index (χ0n) is 22.2. The first kappa shape index (κ1) is 31.6. The van der Waals surface area contributed by atoms with Crippen LogP contribution in [0.25, 0.3) is 0 Å². The van der Waals surface area contributed by atoms with Gasteiger partial charge in [-0.2, -0.15) is 21.6 Å². The molecule has 0 N–H and O–H groups in total. The number of halogens is 3. The van der Waals surface area contributed by atoms with Gasteiger partial charge in [0, 0.05) is 0 Å². The van der Waals surface area contributed by atoms with E-state index in [9.17, 15) is 26.2 Å². The summed E-state index contributed by atoms with van der Waals surface area (Å²) >= 11 is 0. The highest BCUT2D eigenvalue weighted by Crippen LogP contribution is 2.57. The van der Waals surface area contributed by atoms with E-state index in [1.54, 1.807) is 32.0 Å². The molecule has 3 rings (SSSR count). The maximum Gasteiger partial charge on any atom is 0.416 e. The van der Waals surface area contributed by atoms with Crippen molar-refractivity contribution in [2.24, 2.45) is 0 Å². The molecule has 0 amide bonds. The van der Waals surface area contributed by atoms with E-state index < -0.39 is 40.5 Å². The topological polar surface area (TPSA) is 88.1 Å². The second kappa shape index (κ2) is 14.1. The molecule has 0 aliphatic heterocycles. The molecule has 1 aliphatic carbocycles. The largest absolute Gasteiger partial charge is 0.457 e. The molecule has 0 bridgehead atoms. The molecule has 218 valence electrons. The summed E-state index contributed by atoms with van der Waals surface area (Å²) in [6, 6.07) is 11.4. The molecule has 1 aliphatic rings. The standard InChI is InChI=1S/C27H36F3O7PS/c1-3-34-38(31,35-4-2)26(39(32,33)37-24-12-6-5-7-13-24)15-9-11-21-10-8-14-25(20-21)36-23-18-16-22(17-19-23)27(28,29)30/h8,10,14,16-20,24,26H,3-7,9,11-13,15H2,1-2H3. The van der Waals surface area contributed by atoms with E-state index >= 15 is 0 Å². The van der Waals surface area contributed by atoms with Crippen LogP contribution in [0.5, 0.6) is 11.5 Å². The number of alkyl halides is 3. The van der Waals surface area contributed by atoms with E-state index in [4.69, 9.17) is 18.0 Å². The molecular formula is C27H36F3O7PS. The van der Waals surface area contributed by atoms with Crippen LogP contribution in [0.4, 0.5) is 13.2 Å². The first-order chi connectivity index (χ1) is 18.5. The molecule has 2 aromatic carbocycles. The summed E-state index contributed by atoms with van der Waals surface area (Å²) in [6.07, 6.45) is -0.0616. The van der Waals surface area contributed by atoms with Crippen LogP contribution < -0.4 is 4.74 Å². The van der Waals surface area contributed by atoms with Crippen LogP contribution in [0.15, 0.2) is 48.5 Å². The molecule has 1 fully saturated rings. The van der Waals surface area contributed by atoms with Crippen LogP contribution in [-0.2, 0) is 40.5 Å². The Hall–Kier alpha value is -1.91. The van der Waals surface area contributed by atoms with Gasteiger partial charge in [-0.15, -0.1) is 0 Å². The summed E-state index contributed by atoms with van der Waals surface area (Å²) in [5.74, 6) is 0.673. The summed E-state index contributed by atoms with van der Waals surface area (Å²) in [5, 5.41) is 0. The van der Waals surface area contributed by atoms with Crippen LogP contribution in [-0.4, -0.2) is 32.7 Å².